The van der Waals surface area contributed by atoms with Crippen molar-refractivity contribution in [2.24, 2.45) is 0 Å². The molecule has 1 aromatic rings. The maximum Gasteiger partial charge on any atom is 0.348 e. The van der Waals surface area contributed by atoms with E-state index in [1.54, 1.807) is 13.8 Å². The molecule has 0 saturated carbocycles. The molecule has 0 radical (unpaired) electrons. The van der Waals surface area contributed by atoms with Gasteiger partial charge in [-0.05, 0) is 25.8 Å². The normalized spacial score (nSPS) is 10.2. The Hall–Kier alpha value is -1.56. The molecule has 5 nitrogen and oxygen atoms in total. The molecule has 0 spiro atoms. The number of hydrogen-bond acceptors (Lipinski definition) is 6. The molecule has 0 atom stereocenters. The second-order valence-electron chi connectivity index (χ2n) is 3.65. The predicted molar refractivity (Wildman–Crippen MR) is 70.0 cm³/mol. The Kier molecular flexibility index (Phi) is 5.15. The largest absolute Gasteiger partial charge is 0.462 e. The smallest absolute Gasteiger partial charge is 0.348 e. The second-order valence-corrected chi connectivity index (χ2v) is 4.70. The highest BCUT2D eigenvalue weighted by molar-refractivity contribution is 7.18. The summed E-state index contributed by atoms with van der Waals surface area (Å²) in [5.74, 6) is -0.945. The minimum atomic E-state index is -0.502. The number of nitrogen functional groups attached to an aromatic ring is 1. The van der Waals surface area contributed by atoms with E-state index in [1.807, 2.05) is 6.92 Å². The number of esters is 2. The van der Waals surface area contributed by atoms with E-state index in [0.717, 1.165) is 17.8 Å². The fraction of sp³-hybridized carbons (Fsp3) is 0.500. The van der Waals surface area contributed by atoms with Crippen LogP contribution in [0.5, 0.6) is 0 Å². The Morgan fingerprint density at radius 1 is 1.22 bits per heavy atom. The number of nitrogens with two attached hydrogens (primary N) is 1. The molecule has 2 N–H and O–H groups in total. The van der Waals surface area contributed by atoms with Crippen molar-refractivity contribution in [3.8, 4) is 0 Å². The number of carbonyl (C=O) groups is 2. The lowest BCUT2D eigenvalue weighted by molar-refractivity contribution is 0.0510. The summed E-state index contributed by atoms with van der Waals surface area (Å²) in [6, 6.07) is 0. The first-order valence-electron chi connectivity index (χ1n) is 5.75. The molecule has 0 bridgehead atoms. The van der Waals surface area contributed by atoms with Crippen LogP contribution in [0.15, 0.2) is 0 Å². The summed E-state index contributed by atoms with van der Waals surface area (Å²) < 4.78 is 9.93. The second kappa shape index (κ2) is 6.39. The summed E-state index contributed by atoms with van der Waals surface area (Å²) in [6.07, 6.45) is 0.746. The van der Waals surface area contributed by atoms with Crippen molar-refractivity contribution in [3.63, 3.8) is 0 Å². The van der Waals surface area contributed by atoms with E-state index < -0.39 is 11.9 Å². The number of ether oxygens (including phenoxy) is 2. The van der Waals surface area contributed by atoms with Gasteiger partial charge in [0.25, 0.3) is 0 Å². The van der Waals surface area contributed by atoms with Crippen LogP contribution >= 0.6 is 11.3 Å². The number of rotatable bonds is 5. The zero-order valence-corrected chi connectivity index (χ0v) is 11.6. The van der Waals surface area contributed by atoms with E-state index in [4.69, 9.17) is 15.2 Å². The van der Waals surface area contributed by atoms with E-state index in [1.165, 1.54) is 0 Å². The first kappa shape index (κ1) is 14.5. The molecule has 0 aliphatic heterocycles. The van der Waals surface area contributed by atoms with Gasteiger partial charge in [0.1, 0.15) is 9.88 Å². The van der Waals surface area contributed by atoms with Crippen molar-refractivity contribution in [2.45, 2.75) is 27.2 Å². The third-order valence-corrected chi connectivity index (χ3v) is 3.38. The third kappa shape index (κ3) is 3.01. The Morgan fingerprint density at radius 2 is 1.89 bits per heavy atom. The van der Waals surface area contributed by atoms with Crippen molar-refractivity contribution < 1.29 is 19.1 Å². The Labute approximate surface area is 110 Å². The summed E-state index contributed by atoms with van der Waals surface area (Å²) in [5, 5.41) is 0.286. The highest BCUT2D eigenvalue weighted by Gasteiger charge is 2.24. The molecule has 0 unspecified atom stereocenters. The first-order valence-corrected chi connectivity index (χ1v) is 6.57. The van der Waals surface area contributed by atoms with Gasteiger partial charge in [-0.3, -0.25) is 0 Å². The predicted octanol–water partition coefficient (Wildman–Crippen LogP) is 2.38. The molecule has 100 valence electrons. The highest BCUT2D eigenvalue weighted by Crippen LogP contribution is 2.31. The van der Waals surface area contributed by atoms with Gasteiger partial charge in [0.15, 0.2) is 0 Å². The van der Waals surface area contributed by atoms with E-state index in [-0.39, 0.29) is 17.2 Å². The lowest BCUT2D eigenvalue weighted by atomic mass is 10.1. The average molecular weight is 271 g/mol. The summed E-state index contributed by atoms with van der Waals surface area (Å²) >= 11 is 1.06. The van der Waals surface area contributed by atoms with E-state index >= 15 is 0 Å². The number of thiophene rings is 1. The fourth-order valence-corrected chi connectivity index (χ4v) is 2.40. The van der Waals surface area contributed by atoms with Crippen molar-refractivity contribution in [1.82, 2.24) is 0 Å². The van der Waals surface area contributed by atoms with Crippen molar-refractivity contribution in [3.05, 3.63) is 16.0 Å². The molecule has 0 aliphatic carbocycles. The Balaban J connectivity index is 3.00. The Bertz CT molecular complexity index is 453. The summed E-state index contributed by atoms with van der Waals surface area (Å²) in [4.78, 5) is 23.8. The quantitative estimate of drug-likeness (QED) is 0.832. The van der Waals surface area contributed by atoms with E-state index in [9.17, 15) is 9.59 Å². The number of carbonyl (C=O) groups excluding carboxylic acids is 2. The van der Waals surface area contributed by atoms with Crippen LogP contribution in [0, 0.1) is 6.92 Å². The van der Waals surface area contributed by atoms with Gasteiger partial charge >= 0.3 is 11.9 Å². The zero-order valence-electron chi connectivity index (χ0n) is 10.7. The van der Waals surface area contributed by atoms with E-state index in [0.29, 0.717) is 17.0 Å². The maximum absolute atomic E-state index is 11.8. The lowest BCUT2D eigenvalue weighted by Gasteiger charge is -2.03. The topological polar surface area (TPSA) is 78.6 Å². The minimum absolute atomic E-state index is 0.267. The summed E-state index contributed by atoms with van der Waals surface area (Å²) in [6.45, 7) is 5.91. The molecule has 18 heavy (non-hydrogen) atoms. The molecule has 1 heterocycles. The standard InChI is InChI=1S/C12H17NO4S/c1-4-6-17-12(15)9-7(3)8(10(13)18-9)11(14)16-5-2/h4-6,13H2,1-3H3. The molecule has 1 rings (SSSR count). The summed E-state index contributed by atoms with van der Waals surface area (Å²) in [5.41, 5.74) is 6.54. The fourth-order valence-electron chi connectivity index (χ4n) is 1.45. The molecule has 6 heteroatoms. The number of anilines is 1. The first-order chi connectivity index (χ1) is 8.52. The SMILES string of the molecule is CCCOC(=O)c1sc(N)c(C(=O)OCC)c1C. The van der Waals surface area contributed by atoms with Crippen molar-refractivity contribution in [2.75, 3.05) is 18.9 Å². The molecule has 0 amide bonds. The van der Waals surface area contributed by atoms with Gasteiger partial charge < -0.3 is 15.2 Å². The number of hydrogen-bond donors (Lipinski definition) is 1. The monoisotopic (exact) mass is 271 g/mol. The third-order valence-electron chi connectivity index (χ3n) is 2.28. The van der Waals surface area contributed by atoms with Crippen LogP contribution in [-0.4, -0.2) is 25.2 Å². The van der Waals surface area contributed by atoms with Crippen LogP contribution in [0.3, 0.4) is 0 Å². The van der Waals surface area contributed by atoms with Gasteiger partial charge in [-0.15, -0.1) is 11.3 Å². The molecule has 1 aromatic heterocycles. The van der Waals surface area contributed by atoms with Crippen LogP contribution in [0.2, 0.25) is 0 Å². The molecule has 0 saturated heterocycles. The van der Waals surface area contributed by atoms with Crippen molar-refractivity contribution >= 4 is 28.3 Å². The van der Waals surface area contributed by atoms with E-state index in [2.05, 4.69) is 0 Å². The minimum Gasteiger partial charge on any atom is -0.462 e. The molecule has 0 fully saturated rings. The Morgan fingerprint density at radius 3 is 2.44 bits per heavy atom. The average Bonchev–Trinajstić information content (AvgIpc) is 2.62. The van der Waals surface area contributed by atoms with Crippen LogP contribution in [-0.2, 0) is 9.47 Å². The molecule has 0 aromatic carbocycles. The lowest BCUT2D eigenvalue weighted by Crippen LogP contribution is -2.09. The van der Waals surface area contributed by atoms with Crippen LogP contribution in [0.1, 0.15) is 45.9 Å². The molecular formula is C12H17NO4S. The highest BCUT2D eigenvalue weighted by atomic mass is 32.1. The zero-order chi connectivity index (χ0) is 13.7. The van der Waals surface area contributed by atoms with Crippen LogP contribution < -0.4 is 5.73 Å². The van der Waals surface area contributed by atoms with Gasteiger partial charge in [0.05, 0.1) is 18.8 Å². The maximum atomic E-state index is 11.8. The van der Waals surface area contributed by atoms with Gasteiger partial charge in [-0.1, -0.05) is 6.92 Å². The molecular weight excluding hydrogens is 254 g/mol. The van der Waals surface area contributed by atoms with Gasteiger partial charge in [0.2, 0.25) is 0 Å². The molecule has 0 aliphatic rings. The summed E-state index contributed by atoms with van der Waals surface area (Å²) in [7, 11) is 0. The van der Waals surface area contributed by atoms with Crippen LogP contribution in [0.4, 0.5) is 5.00 Å². The van der Waals surface area contributed by atoms with Gasteiger partial charge in [-0.25, -0.2) is 9.59 Å². The van der Waals surface area contributed by atoms with Crippen molar-refractivity contribution in [1.29, 1.82) is 0 Å². The van der Waals surface area contributed by atoms with Gasteiger partial charge in [-0.2, -0.15) is 0 Å². The van der Waals surface area contributed by atoms with Gasteiger partial charge in [0, 0.05) is 0 Å². The van der Waals surface area contributed by atoms with Crippen LogP contribution in [0.25, 0.3) is 0 Å².